The molecule has 1 unspecified atom stereocenters. The van der Waals surface area contributed by atoms with Gasteiger partial charge in [0.2, 0.25) is 0 Å². The Morgan fingerprint density at radius 3 is 3.11 bits per heavy atom. The fourth-order valence-corrected chi connectivity index (χ4v) is 3.28. The maximum atomic E-state index is 4.55. The second kappa shape index (κ2) is 5.75. The molecule has 4 nitrogen and oxygen atoms in total. The molecule has 5 heteroatoms. The Bertz CT molecular complexity index is 525. The Morgan fingerprint density at radius 1 is 1.42 bits per heavy atom. The molecule has 0 aromatic carbocycles. The Kier molecular flexibility index (Phi) is 3.84. The molecule has 1 aliphatic rings. The van der Waals surface area contributed by atoms with Crippen molar-refractivity contribution in [1.29, 1.82) is 0 Å². The van der Waals surface area contributed by atoms with Crippen LogP contribution in [0.4, 0.5) is 0 Å². The molecule has 0 N–H and O–H groups in total. The molecule has 0 radical (unpaired) electrons. The lowest BCUT2D eigenvalue weighted by Crippen LogP contribution is -2.34. The van der Waals surface area contributed by atoms with Gasteiger partial charge in [-0.05, 0) is 26.3 Å². The molecule has 3 rings (SSSR count). The third-order valence-corrected chi connectivity index (χ3v) is 4.38. The van der Waals surface area contributed by atoms with Gasteiger partial charge in [0, 0.05) is 43.0 Å². The van der Waals surface area contributed by atoms with Crippen molar-refractivity contribution >= 4 is 11.3 Å². The first-order valence-corrected chi connectivity index (χ1v) is 7.58. The molecule has 0 spiro atoms. The van der Waals surface area contributed by atoms with E-state index >= 15 is 0 Å². The highest BCUT2D eigenvalue weighted by Gasteiger charge is 2.22. The minimum absolute atomic E-state index is 0.516. The van der Waals surface area contributed by atoms with Crippen molar-refractivity contribution in [3.05, 3.63) is 40.4 Å². The highest BCUT2D eigenvalue weighted by Crippen LogP contribution is 2.26. The van der Waals surface area contributed by atoms with Gasteiger partial charge < -0.3 is 0 Å². The number of aryl methyl sites for hydroxylation is 1. The average molecular weight is 274 g/mol. The average Bonchev–Trinajstić information content (AvgIpc) is 2.85. The predicted octanol–water partition coefficient (Wildman–Crippen LogP) is 2.62. The van der Waals surface area contributed by atoms with Crippen LogP contribution in [0.2, 0.25) is 0 Å². The molecule has 0 bridgehead atoms. The topological polar surface area (TPSA) is 41.9 Å². The smallest absolute Gasteiger partial charge is 0.0897 e. The summed E-state index contributed by atoms with van der Waals surface area (Å²) in [4.78, 5) is 15.7. The number of piperidine rings is 1. The molecule has 0 amide bonds. The first-order valence-electron chi connectivity index (χ1n) is 6.70. The summed E-state index contributed by atoms with van der Waals surface area (Å²) < 4.78 is 0. The third-order valence-electron chi connectivity index (χ3n) is 3.56. The van der Waals surface area contributed by atoms with E-state index in [1.807, 2.05) is 6.20 Å². The summed E-state index contributed by atoms with van der Waals surface area (Å²) in [5.41, 5.74) is 2.32. The summed E-state index contributed by atoms with van der Waals surface area (Å²) in [5.74, 6) is 0.516. The van der Waals surface area contributed by atoms with Crippen LogP contribution in [-0.2, 0) is 6.54 Å². The largest absolute Gasteiger partial charge is 0.297 e. The van der Waals surface area contributed by atoms with E-state index in [-0.39, 0.29) is 0 Å². The van der Waals surface area contributed by atoms with Crippen LogP contribution in [0, 0.1) is 6.92 Å². The predicted molar refractivity (Wildman–Crippen MR) is 76.1 cm³/mol. The van der Waals surface area contributed by atoms with Gasteiger partial charge >= 0.3 is 0 Å². The van der Waals surface area contributed by atoms with Crippen LogP contribution in [-0.4, -0.2) is 32.9 Å². The first-order chi connectivity index (χ1) is 9.31. The van der Waals surface area contributed by atoms with E-state index in [2.05, 4.69) is 32.2 Å². The van der Waals surface area contributed by atoms with Crippen molar-refractivity contribution in [3.8, 4) is 0 Å². The summed E-state index contributed by atoms with van der Waals surface area (Å²) >= 11 is 1.73. The Balaban J connectivity index is 1.65. The van der Waals surface area contributed by atoms with Crippen LogP contribution in [0.15, 0.2) is 24.0 Å². The molecule has 2 aromatic rings. The van der Waals surface area contributed by atoms with E-state index in [4.69, 9.17) is 0 Å². The number of aromatic nitrogens is 3. The van der Waals surface area contributed by atoms with Crippen molar-refractivity contribution < 1.29 is 0 Å². The molecule has 1 fully saturated rings. The second-order valence-electron chi connectivity index (χ2n) is 5.06. The van der Waals surface area contributed by atoms with Crippen LogP contribution in [0.5, 0.6) is 0 Å². The summed E-state index contributed by atoms with van der Waals surface area (Å²) in [5, 5.41) is 3.32. The quantitative estimate of drug-likeness (QED) is 0.863. The van der Waals surface area contributed by atoms with E-state index < -0.39 is 0 Å². The fourth-order valence-electron chi connectivity index (χ4n) is 2.67. The van der Waals surface area contributed by atoms with Gasteiger partial charge in [-0.1, -0.05) is 0 Å². The van der Waals surface area contributed by atoms with Gasteiger partial charge in [-0.15, -0.1) is 11.3 Å². The van der Waals surface area contributed by atoms with Gasteiger partial charge in [-0.3, -0.25) is 14.9 Å². The lowest BCUT2D eigenvalue weighted by Gasteiger charge is -2.31. The molecule has 1 atom stereocenters. The number of hydrogen-bond acceptors (Lipinski definition) is 5. The molecule has 0 saturated carbocycles. The Morgan fingerprint density at radius 2 is 2.37 bits per heavy atom. The lowest BCUT2D eigenvalue weighted by molar-refractivity contribution is 0.196. The van der Waals surface area contributed by atoms with E-state index in [1.54, 1.807) is 23.7 Å². The zero-order chi connectivity index (χ0) is 13.1. The normalized spacial score (nSPS) is 20.6. The molecular weight excluding hydrogens is 256 g/mol. The molecule has 1 saturated heterocycles. The maximum Gasteiger partial charge on any atom is 0.0897 e. The number of nitrogens with zero attached hydrogens (tertiary/aromatic N) is 4. The number of likely N-dealkylation sites (tertiary alicyclic amines) is 1. The molecule has 0 aliphatic carbocycles. The summed E-state index contributed by atoms with van der Waals surface area (Å²) in [6.45, 7) is 5.25. The molecule has 100 valence electrons. The molecule has 19 heavy (non-hydrogen) atoms. The zero-order valence-corrected chi connectivity index (χ0v) is 11.9. The van der Waals surface area contributed by atoms with Crippen molar-refractivity contribution in [2.45, 2.75) is 32.2 Å². The fraction of sp³-hybridized carbons (Fsp3) is 0.500. The van der Waals surface area contributed by atoms with E-state index in [1.165, 1.54) is 18.5 Å². The Hall–Kier alpha value is -1.33. The van der Waals surface area contributed by atoms with E-state index in [9.17, 15) is 0 Å². The summed E-state index contributed by atoms with van der Waals surface area (Å²) in [7, 11) is 0. The highest BCUT2D eigenvalue weighted by molar-refractivity contribution is 7.09. The molecular formula is C14H18N4S. The van der Waals surface area contributed by atoms with Gasteiger partial charge in [0.1, 0.15) is 0 Å². The van der Waals surface area contributed by atoms with Crippen LogP contribution in [0.1, 0.15) is 35.2 Å². The molecule has 1 aliphatic heterocycles. The number of hydrogen-bond donors (Lipinski definition) is 0. The standard InChI is InChI=1S/C14H18N4S/c1-11-17-13(10-19-11)9-18-6-2-3-12(8-18)14-7-15-4-5-16-14/h4-5,7,10,12H,2-3,6,8-9H2,1H3. The zero-order valence-electron chi connectivity index (χ0n) is 11.1. The van der Waals surface area contributed by atoms with Crippen LogP contribution < -0.4 is 0 Å². The van der Waals surface area contributed by atoms with Gasteiger partial charge in [0.25, 0.3) is 0 Å². The van der Waals surface area contributed by atoms with Crippen molar-refractivity contribution in [3.63, 3.8) is 0 Å². The monoisotopic (exact) mass is 274 g/mol. The third kappa shape index (κ3) is 3.16. The lowest BCUT2D eigenvalue weighted by atomic mass is 9.95. The van der Waals surface area contributed by atoms with E-state index in [0.717, 1.165) is 30.3 Å². The second-order valence-corrected chi connectivity index (χ2v) is 6.12. The Labute approximate surface area is 117 Å². The van der Waals surface area contributed by atoms with Crippen LogP contribution in [0.25, 0.3) is 0 Å². The van der Waals surface area contributed by atoms with Gasteiger partial charge in [-0.2, -0.15) is 0 Å². The van der Waals surface area contributed by atoms with Crippen LogP contribution in [0.3, 0.4) is 0 Å². The maximum absolute atomic E-state index is 4.55. The number of rotatable bonds is 3. The number of thiazole rings is 1. The minimum atomic E-state index is 0.516. The van der Waals surface area contributed by atoms with Crippen molar-refractivity contribution in [2.24, 2.45) is 0 Å². The highest BCUT2D eigenvalue weighted by atomic mass is 32.1. The van der Waals surface area contributed by atoms with Crippen molar-refractivity contribution in [2.75, 3.05) is 13.1 Å². The summed E-state index contributed by atoms with van der Waals surface area (Å²) in [6, 6.07) is 0. The SMILES string of the molecule is Cc1nc(CN2CCCC(c3cnccn3)C2)cs1. The summed E-state index contributed by atoms with van der Waals surface area (Å²) in [6.07, 6.45) is 7.87. The molecule has 2 aromatic heterocycles. The van der Waals surface area contributed by atoms with Gasteiger partial charge in [-0.25, -0.2) is 4.98 Å². The van der Waals surface area contributed by atoms with Crippen molar-refractivity contribution in [1.82, 2.24) is 19.9 Å². The van der Waals surface area contributed by atoms with Crippen LogP contribution >= 0.6 is 11.3 Å². The van der Waals surface area contributed by atoms with Gasteiger partial charge in [0.05, 0.1) is 16.4 Å². The minimum Gasteiger partial charge on any atom is -0.297 e. The first kappa shape index (κ1) is 12.7. The van der Waals surface area contributed by atoms with Gasteiger partial charge in [0.15, 0.2) is 0 Å². The van der Waals surface area contributed by atoms with E-state index in [0.29, 0.717) is 5.92 Å². The molecule has 3 heterocycles.